The SMILES string of the molecule is CCc1ccc(C(C)NCC(NC(C)=O)C(=O)O)cc1. The van der Waals surface area contributed by atoms with Gasteiger partial charge in [0.15, 0.2) is 0 Å². The van der Waals surface area contributed by atoms with Crippen LogP contribution in [0.3, 0.4) is 0 Å². The quantitative estimate of drug-likeness (QED) is 0.706. The van der Waals surface area contributed by atoms with E-state index in [-0.39, 0.29) is 18.5 Å². The summed E-state index contributed by atoms with van der Waals surface area (Å²) in [6.07, 6.45) is 0.992. The molecule has 0 saturated carbocycles. The predicted octanol–water partition coefficient (Wildman–Crippen LogP) is 1.49. The van der Waals surface area contributed by atoms with Crippen LogP contribution in [0.25, 0.3) is 0 Å². The van der Waals surface area contributed by atoms with Gasteiger partial charge in [0.1, 0.15) is 6.04 Å². The van der Waals surface area contributed by atoms with Crippen LogP contribution in [0.15, 0.2) is 24.3 Å². The summed E-state index contributed by atoms with van der Waals surface area (Å²) < 4.78 is 0. The summed E-state index contributed by atoms with van der Waals surface area (Å²) in [5.74, 6) is -1.39. The summed E-state index contributed by atoms with van der Waals surface area (Å²) in [6, 6.07) is 7.31. The smallest absolute Gasteiger partial charge is 0.327 e. The van der Waals surface area contributed by atoms with Gasteiger partial charge in [-0.25, -0.2) is 4.79 Å². The van der Waals surface area contributed by atoms with Crippen molar-refractivity contribution in [1.29, 1.82) is 0 Å². The number of rotatable bonds is 7. The summed E-state index contributed by atoms with van der Waals surface area (Å²) in [6.45, 7) is 5.56. The number of aliphatic carboxylic acids is 1. The highest BCUT2D eigenvalue weighted by atomic mass is 16.4. The first-order chi connectivity index (χ1) is 9.43. The first kappa shape index (κ1) is 16.2. The Morgan fingerprint density at radius 2 is 1.85 bits per heavy atom. The minimum Gasteiger partial charge on any atom is -0.480 e. The van der Waals surface area contributed by atoms with Crippen LogP contribution in [0.5, 0.6) is 0 Å². The molecule has 0 heterocycles. The summed E-state index contributed by atoms with van der Waals surface area (Å²) in [5, 5.41) is 14.6. The third-order valence-electron chi connectivity index (χ3n) is 3.19. The first-order valence-corrected chi connectivity index (χ1v) is 6.76. The Labute approximate surface area is 119 Å². The third kappa shape index (κ3) is 5.01. The molecule has 5 heteroatoms. The van der Waals surface area contributed by atoms with E-state index in [1.807, 2.05) is 19.1 Å². The summed E-state index contributed by atoms with van der Waals surface area (Å²) in [7, 11) is 0. The fourth-order valence-corrected chi connectivity index (χ4v) is 1.90. The normalized spacial score (nSPS) is 13.6. The van der Waals surface area contributed by atoms with E-state index in [2.05, 4.69) is 29.7 Å². The number of nitrogens with one attached hydrogen (secondary N) is 2. The van der Waals surface area contributed by atoms with Crippen LogP contribution in [0, 0.1) is 0 Å². The fourth-order valence-electron chi connectivity index (χ4n) is 1.90. The average Bonchev–Trinajstić information content (AvgIpc) is 2.42. The summed E-state index contributed by atoms with van der Waals surface area (Å²) in [4.78, 5) is 22.0. The van der Waals surface area contributed by atoms with Crippen molar-refractivity contribution in [2.75, 3.05) is 6.54 Å². The first-order valence-electron chi connectivity index (χ1n) is 6.76. The van der Waals surface area contributed by atoms with Crippen molar-refractivity contribution in [3.8, 4) is 0 Å². The van der Waals surface area contributed by atoms with Gasteiger partial charge in [-0.15, -0.1) is 0 Å². The Hall–Kier alpha value is -1.88. The Bertz CT molecular complexity index is 457. The van der Waals surface area contributed by atoms with Crippen LogP contribution >= 0.6 is 0 Å². The van der Waals surface area contributed by atoms with Gasteiger partial charge in [0, 0.05) is 19.5 Å². The van der Waals surface area contributed by atoms with Crippen LogP contribution in [0.4, 0.5) is 0 Å². The third-order valence-corrected chi connectivity index (χ3v) is 3.19. The molecular formula is C15H22N2O3. The van der Waals surface area contributed by atoms with Gasteiger partial charge in [0.2, 0.25) is 5.91 Å². The van der Waals surface area contributed by atoms with E-state index in [4.69, 9.17) is 5.11 Å². The molecule has 110 valence electrons. The van der Waals surface area contributed by atoms with E-state index in [0.29, 0.717) is 0 Å². The summed E-state index contributed by atoms with van der Waals surface area (Å²) in [5.41, 5.74) is 2.36. The lowest BCUT2D eigenvalue weighted by Gasteiger charge is -2.19. The number of carbonyl (C=O) groups excluding carboxylic acids is 1. The molecule has 0 fully saturated rings. The van der Waals surface area contributed by atoms with E-state index in [0.717, 1.165) is 12.0 Å². The van der Waals surface area contributed by atoms with Gasteiger partial charge in [-0.3, -0.25) is 4.79 Å². The standard InChI is InChI=1S/C15H22N2O3/c1-4-12-5-7-13(8-6-12)10(2)16-9-14(15(19)20)17-11(3)18/h5-8,10,14,16H,4,9H2,1-3H3,(H,17,18)(H,19,20). The van der Waals surface area contributed by atoms with Gasteiger partial charge >= 0.3 is 5.97 Å². The van der Waals surface area contributed by atoms with Crippen LogP contribution in [0.1, 0.15) is 37.9 Å². The fraction of sp³-hybridized carbons (Fsp3) is 0.467. The summed E-state index contributed by atoms with van der Waals surface area (Å²) >= 11 is 0. The van der Waals surface area contributed by atoms with Crippen LogP contribution in [-0.2, 0) is 16.0 Å². The van der Waals surface area contributed by atoms with Crippen molar-refractivity contribution in [3.05, 3.63) is 35.4 Å². The van der Waals surface area contributed by atoms with Crippen LogP contribution < -0.4 is 10.6 Å². The van der Waals surface area contributed by atoms with Crippen LogP contribution in [-0.4, -0.2) is 29.6 Å². The lowest BCUT2D eigenvalue weighted by atomic mass is 10.0. The molecule has 1 aromatic rings. The Morgan fingerprint density at radius 3 is 2.30 bits per heavy atom. The number of hydrogen-bond acceptors (Lipinski definition) is 3. The second kappa shape index (κ2) is 7.65. The maximum Gasteiger partial charge on any atom is 0.327 e. The molecule has 3 N–H and O–H groups in total. The predicted molar refractivity (Wildman–Crippen MR) is 77.5 cm³/mol. The number of carbonyl (C=O) groups is 2. The molecule has 1 amide bonds. The largest absolute Gasteiger partial charge is 0.480 e. The second-order valence-corrected chi connectivity index (χ2v) is 4.82. The second-order valence-electron chi connectivity index (χ2n) is 4.82. The molecule has 0 aliphatic rings. The van der Waals surface area contributed by atoms with Gasteiger partial charge in [0.25, 0.3) is 0 Å². The number of carboxylic acid groups (broad SMARTS) is 1. The van der Waals surface area contributed by atoms with Crippen molar-refractivity contribution in [1.82, 2.24) is 10.6 Å². The minimum atomic E-state index is -1.04. The van der Waals surface area contributed by atoms with Gasteiger partial charge in [-0.2, -0.15) is 0 Å². The van der Waals surface area contributed by atoms with E-state index in [1.165, 1.54) is 12.5 Å². The molecule has 1 rings (SSSR count). The molecule has 20 heavy (non-hydrogen) atoms. The van der Waals surface area contributed by atoms with Crippen molar-refractivity contribution in [3.63, 3.8) is 0 Å². The van der Waals surface area contributed by atoms with Gasteiger partial charge in [0.05, 0.1) is 0 Å². The number of amides is 1. The zero-order valence-electron chi connectivity index (χ0n) is 12.1. The molecule has 2 atom stereocenters. The van der Waals surface area contributed by atoms with Crippen molar-refractivity contribution >= 4 is 11.9 Å². The van der Waals surface area contributed by atoms with E-state index < -0.39 is 12.0 Å². The van der Waals surface area contributed by atoms with Gasteiger partial charge in [-0.1, -0.05) is 31.2 Å². The Morgan fingerprint density at radius 1 is 1.25 bits per heavy atom. The molecule has 0 aliphatic heterocycles. The molecule has 0 bridgehead atoms. The lowest BCUT2D eigenvalue weighted by Crippen LogP contribution is -2.46. The minimum absolute atomic E-state index is 0.0246. The monoisotopic (exact) mass is 278 g/mol. The molecule has 0 radical (unpaired) electrons. The zero-order valence-corrected chi connectivity index (χ0v) is 12.1. The van der Waals surface area contributed by atoms with Crippen molar-refractivity contribution < 1.29 is 14.7 Å². The van der Waals surface area contributed by atoms with E-state index >= 15 is 0 Å². The number of hydrogen-bond donors (Lipinski definition) is 3. The molecule has 5 nitrogen and oxygen atoms in total. The number of carboxylic acids is 1. The highest BCUT2D eigenvalue weighted by Crippen LogP contribution is 2.13. The van der Waals surface area contributed by atoms with Crippen molar-refractivity contribution in [2.24, 2.45) is 0 Å². The van der Waals surface area contributed by atoms with Crippen molar-refractivity contribution in [2.45, 2.75) is 39.3 Å². The molecule has 1 aromatic carbocycles. The number of aryl methyl sites for hydroxylation is 1. The maximum atomic E-state index is 11.0. The molecule has 2 unspecified atom stereocenters. The zero-order chi connectivity index (χ0) is 15.1. The molecule has 0 spiro atoms. The van der Waals surface area contributed by atoms with Gasteiger partial charge in [-0.05, 0) is 24.5 Å². The van der Waals surface area contributed by atoms with Gasteiger partial charge < -0.3 is 15.7 Å². The average molecular weight is 278 g/mol. The Kier molecular flexibility index (Phi) is 6.18. The Balaban J connectivity index is 2.57. The molecule has 0 aromatic heterocycles. The number of benzene rings is 1. The van der Waals surface area contributed by atoms with E-state index in [1.54, 1.807) is 0 Å². The molecule has 0 saturated heterocycles. The van der Waals surface area contributed by atoms with E-state index in [9.17, 15) is 9.59 Å². The maximum absolute atomic E-state index is 11.0. The highest BCUT2D eigenvalue weighted by molar-refractivity contribution is 5.82. The highest BCUT2D eigenvalue weighted by Gasteiger charge is 2.19. The molecular weight excluding hydrogens is 256 g/mol. The molecule has 0 aliphatic carbocycles. The topological polar surface area (TPSA) is 78.4 Å². The lowest BCUT2D eigenvalue weighted by molar-refractivity contribution is -0.141. The van der Waals surface area contributed by atoms with Crippen LogP contribution in [0.2, 0.25) is 0 Å².